The van der Waals surface area contributed by atoms with Crippen LogP contribution in [0.1, 0.15) is 17.3 Å². The number of benzene rings is 1. The summed E-state index contributed by atoms with van der Waals surface area (Å²) in [4.78, 5) is 17.5. The second-order valence-electron chi connectivity index (χ2n) is 4.44. The van der Waals surface area contributed by atoms with Gasteiger partial charge in [0.1, 0.15) is 5.82 Å². The Morgan fingerprint density at radius 1 is 1.23 bits per heavy atom. The molecule has 0 aliphatic heterocycles. The number of anilines is 1. The topological polar surface area (TPSA) is 76.1 Å². The van der Waals surface area contributed by atoms with E-state index in [1.165, 1.54) is 12.1 Å². The summed E-state index contributed by atoms with van der Waals surface area (Å²) >= 11 is 1.55. The molecule has 1 heterocycles. The Morgan fingerprint density at radius 3 is 2.55 bits per heavy atom. The van der Waals surface area contributed by atoms with Crippen molar-refractivity contribution in [2.45, 2.75) is 16.7 Å². The molecule has 0 aliphatic carbocycles. The minimum Gasteiger partial charge on any atom is -0.307 e. The number of carbonyl (C=O) groups excluding carboxylic acids is 1. The van der Waals surface area contributed by atoms with Gasteiger partial charge >= 0.3 is 0 Å². The monoisotopic (exact) mass is 336 g/mol. The normalized spacial score (nSPS) is 11.2. The van der Waals surface area contributed by atoms with Crippen molar-refractivity contribution in [2.75, 3.05) is 17.3 Å². The van der Waals surface area contributed by atoms with Crippen molar-refractivity contribution in [2.24, 2.45) is 0 Å². The molecule has 22 heavy (non-hydrogen) atoms. The maximum absolute atomic E-state index is 12.3. The summed E-state index contributed by atoms with van der Waals surface area (Å²) in [6, 6.07) is 9.69. The van der Waals surface area contributed by atoms with Crippen LogP contribution in [0, 0.1) is 0 Å². The lowest BCUT2D eigenvalue weighted by molar-refractivity contribution is 0.102. The molecule has 1 aromatic heterocycles. The van der Waals surface area contributed by atoms with Crippen LogP contribution in [0.5, 0.6) is 0 Å². The molecule has 1 amide bonds. The molecule has 0 atom stereocenters. The maximum atomic E-state index is 12.3. The average molecular weight is 336 g/mol. The minimum absolute atomic E-state index is 0.0377. The Bertz CT molecular complexity index is 772. The van der Waals surface area contributed by atoms with E-state index < -0.39 is 15.7 Å². The highest BCUT2D eigenvalue weighted by Crippen LogP contribution is 2.19. The molecular formula is C15H16N2O3S2. The third kappa shape index (κ3) is 3.66. The fraction of sp³-hybridized carbons (Fsp3) is 0.200. The third-order valence-electron chi connectivity index (χ3n) is 3.06. The van der Waals surface area contributed by atoms with Crippen molar-refractivity contribution in [1.29, 1.82) is 0 Å². The van der Waals surface area contributed by atoms with E-state index in [1.54, 1.807) is 43.1 Å². The first-order chi connectivity index (χ1) is 10.5. The van der Waals surface area contributed by atoms with Crippen LogP contribution in [0.4, 0.5) is 5.82 Å². The Morgan fingerprint density at radius 2 is 1.95 bits per heavy atom. The predicted molar refractivity (Wildman–Crippen MR) is 88.1 cm³/mol. The number of thioether (sulfide) groups is 1. The van der Waals surface area contributed by atoms with E-state index in [9.17, 15) is 13.2 Å². The number of aromatic nitrogens is 1. The summed E-state index contributed by atoms with van der Waals surface area (Å²) in [5.74, 6) is -0.165. The molecule has 0 fully saturated rings. The van der Waals surface area contributed by atoms with Crippen molar-refractivity contribution in [3.05, 3.63) is 48.2 Å². The van der Waals surface area contributed by atoms with Gasteiger partial charge in [0.2, 0.25) is 0 Å². The smallest absolute Gasteiger partial charge is 0.258 e. The standard InChI is InChI=1S/C15H16N2O3S2/c1-3-22(19,20)13-7-5-4-6-12(13)15(18)17-14-9-8-11(21-2)10-16-14/h4-10H,3H2,1-2H3,(H,16,17,18). The molecule has 1 aromatic carbocycles. The fourth-order valence-electron chi connectivity index (χ4n) is 1.84. The number of carbonyl (C=O) groups is 1. The SMILES string of the molecule is CCS(=O)(=O)c1ccccc1C(=O)Nc1ccc(SC)cn1. The Kier molecular flexibility index (Phi) is 5.20. The number of amides is 1. The molecule has 0 unspecified atom stereocenters. The zero-order chi connectivity index (χ0) is 16.2. The molecule has 7 heteroatoms. The molecule has 5 nitrogen and oxygen atoms in total. The van der Waals surface area contributed by atoms with Gasteiger partial charge in [-0.15, -0.1) is 11.8 Å². The van der Waals surface area contributed by atoms with E-state index in [-0.39, 0.29) is 16.2 Å². The predicted octanol–water partition coefficient (Wildman–Crippen LogP) is 2.85. The number of rotatable bonds is 5. The van der Waals surface area contributed by atoms with Crippen LogP contribution in [-0.2, 0) is 9.84 Å². The van der Waals surface area contributed by atoms with Crippen molar-refractivity contribution >= 4 is 33.3 Å². The van der Waals surface area contributed by atoms with Crippen molar-refractivity contribution in [3.8, 4) is 0 Å². The Labute approximate surface area is 134 Å². The van der Waals surface area contributed by atoms with Crippen LogP contribution in [0.2, 0.25) is 0 Å². The van der Waals surface area contributed by atoms with Gasteiger partial charge in [-0.25, -0.2) is 13.4 Å². The summed E-state index contributed by atoms with van der Waals surface area (Å²) in [5, 5.41) is 2.62. The van der Waals surface area contributed by atoms with Crippen molar-refractivity contribution < 1.29 is 13.2 Å². The lowest BCUT2D eigenvalue weighted by atomic mass is 10.2. The molecule has 0 saturated carbocycles. The zero-order valence-electron chi connectivity index (χ0n) is 12.2. The number of nitrogens with zero attached hydrogens (tertiary/aromatic N) is 1. The average Bonchev–Trinajstić information content (AvgIpc) is 2.55. The second-order valence-corrected chi connectivity index (χ2v) is 7.56. The lowest BCUT2D eigenvalue weighted by Gasteiger charge is -2.09. The van der Waals surface area contributed by atoms with E-state index >= 15 is 0 Å². The van der Waals surface area contributed by atoms with Gasteiger partial charge < -0.3 is 5.32 Å². The maximum Gasteiger partial charge on any atom is 0.258 e. The minimum atomic E-state index is -3.46. The van der Waals surface area contributed by atoms with E-state index in [4.69, 9.17) is 0 Å². The quantitative estimate of drug-likeness (QED) is 0.850. The molecule has 0 saturated heterocycles. The second kappa shape index (κ2) is 6.93. The molecule has 116 valence electrons. The zero-order valence-corrected chi connectivity index (χ0v) is 13.9. The number of hydrogen-bond donors (Lipinski definition) is 1. The van der Waals surface area contributed by atoms with Gasteiger partial charge in [-0.3, -0.25) is 4.79 Å². The van der Waals surface area contributed by atoms with Gasteiger partial charge in [0.15, 0.2) is 9.84 Å². The van der Waals surface area contributed by atoms with Crippen LogP contribution >= 0.6 is 11.8 Å². The third-order valence-corrected chi connectivity index (χ3v) is 5.56. The van der Waals surface area contributed by atoms with Crippen LogP contribution in [-0.4, -0.2) is 31.3 Å². The summed E-state index contributed by atoms with van der Waals surface area (Å²) in [7, 11) is -3.46. The Balaban J connectivity index is 2.30. The van der Waals surface area contributed by atoms with Gasteiger partial charge in [-0.05, 0) is 30.5 Å². The molecule has 0 radical (unpaired) electrons. The van der Waals surface area contributed by atoms with E-state index in [0.29, 0.717) is 5.82 Å². The molecule has 0 spiro atoms. The van der Waals surface area contributed by atoms with Crippen LogP contribution < -0.4 is 5.32 Å². The van der Waals surface area contributed by atoms with Crippen molar-refractivity contribution in [1.82, 2.24) is 4.98 Å². The number of sulfone groups is 1. The number of hydrogen-bond acceptors (Lipinski definition) is 5. The highest BCUT2D eigenvalue weighted by Gasteiger charge is 2.20. The van der Waals surface area contributed by atoms with Crippen LogP contribution in [0.25, 0.3) is 0 Å². The van der Waals surface area contributed by atoms with Gasteiger partial charge in [-0.2, -0.15) is 0 Å². The van der Waals surface area contributed by atoms with Gasteiger partial charge in [0, 0.05) is 11.1 Å². The number of pyridine rings is 1. The van der Waals surface area contributed by atoms with Crippen LogP contribution in [0.15, 0.2) is 52.4 Å². The Hall–Kier alpha value is -1.86. The first-order valence-corrected chi connectivity index (χ1v) is 9.49. The molecule has 2 rings (SSSR count). The highest BCUT2D eigenvalue weighted by molar-refractivity contribution is 7.98. The molecule has 2 aromatic rings. The number of nitrogens with one attached hydrogen (secondary N) is 1. The molecule has 1 N–H and O–H groups in total. The molecule has 0 aliphatic rings. The summed E-state index contributed by atoms with van der Waals surface area (Å²) < 4.78 is 24.1. The first kappa shape index (κ1) is 16.5. The van der Waals surface area contributed by atoms with E-state index in [1.807, 2.05) is 12.3 Å². The van der Waals surface area contributed by atoms with E-state index in [0.717, 1.165) is 4.90 Å². The molecule has 0 bridgehead atoms. The van der Waals surface area contributed by atoms with Crippen LogP contribution in [0.3, 0.4) is 0 Å². The van der Waals surface area contributed by atoms with E-state index in [2.05, 4.69) is 10.3 Å². The summed E-state index contributed by atoms with van der Waals surface area (Å²) in [6.45, 7) is 1.55. The lowest BCUT2D eigenvalue weighted by Crippen LogP contribution is -2.17. The van der Waals surface area contributed by atoms with Gasteiger partial charge in [-0.1, -0.05) is 19.1 Å². The largest absolute Gasteiger partial charge is 0.307 e. The van der Waals surface area contributed by atoms with Crippen molar-refractivity contribution in [3.63, 3.8) is 0 Å². The summed E-state index contributed by atoms with van der Waals surface area (Å²) in [5.41, 5.74) is 0.125. The first-order valence-electron chi connectivity index (χ1n) is 6.61. The summed E-state index contributed by atoms with van der Waals surface area (Å²) in [6.07, 6.45) is 3.58. The van der Waals surface area contributed by atoms with Gasteiger partial charge in [0.25, 0.3) is 5.91 Å². The molecular weight excluding hydrogens is 320 g/mol. The fourth-order valence-corrected chi connectivity index (χ4v) is 3.29. The highest BCUT2D eigenvalue weighted by atomic mass is 32.2. The van der Waals surface area contributed by atoms with Gasteiger partial charge in [0.05, 0.1) is 16.2 Å².